The lowest BCUT2D eigenvalue weighted by molar-refractivity contribution is -0.144. The van der Waals surface area contributed by atoms with Crippen molar-refractivity contribution in [1.29, 1.82) is 0 Å². The number of rotatable bonds is 6. The van der Waals surface area contributed by atoms with Crippen LogP contribution < -0.4 is 10.1 Å². The van der Waals surface area contributed by atoms with Crippen LogP contribution in [0.5, 0.6) is 5.75 Å². The molecule has 1 N–H and O–H groups in total. The highest BCUT2D eigenvalue weighted by molar-refractivity contribution is 5.79. The summed E-state index contributed by atoms with van der Waals surface area (Å²) < 4.78 is 45.4. The van der Waals surface area contributed by atoms with E-state index in [4.69, 9.17) is 4.74 Å². The van der Waals surface area contributed by atoms with E-state index in [0.29, 0.717) is 30.1 Å². The molecule has 10 heteroatoms. The zero-order chi connectivity index (χ0) is 22.1. The maximum Gasteiger partial charge on any atom is 0.453 e. The van der Waals surface area contributed by atoms with Crippen LogP contribution in [0.1, 0.15) is 33.9 Å². The lowest BCUT2D eigenvalue weighted by atomic mass is 10.1. The summed E-state index contributed by atoms with van der Waals surface area (Å²) in [6.07, 6.45) is -4.70. The van der Waals surface area contributed by atoms with Gasteiger partial charge in [0.15, 0.2) is 0 Å². The first-order chi connectivity index (χ1) is 14.1. The molecule has 30 heavy (non-hydrogen) atoms. The number of nitrogens with zero attached hydrogens (tertiary/aromatic N) is 4. The van der Waals surface area contributed by atoms with Gasteiger partial charge in [-0.1, -0.05) is 18.2 Å². The molecule has 3 aromatic rings. The Balaban J connectivity index is 1.65. The molecule has 0 spiro atoms. The molecule has 7 nitrogen and oxygen atoms in total. The van der Waals surface area contributed by atoms with Crippen molar-refractivity contribution in [2.75, 3.05) is 13.2 Å². The van der Waals surface area contributed by atoms with E-state index in [9.17, 15) is 18.0 Å². The van der Waals surface area contributed by atoms with Crippen LogP contribution in [0.3, 0.4) is 0 Å². The van der Waals surface area contributed by atoms with Gasteiger partial charge in [0.2, 0.25) is 5.91 Å². The molecule has 0 saturated carbocycles. The number of alkyl halides is 3. The van der Waals surface area contributed by atoms with Crippen LogP contribution in [0.25, 0.3) is 5.78 Å². The summed E-state index contributed by atoms with van der Waals surface area (Å²) in [4.78, 5) is 19.8. The van der Waals surface area contributed by atoms with Crippen molar-refractivity contribution < 1.29 is 22.7 Å². The van der Waals surface area contributed by atoms with Crippen molar-refractivity contribution in [3.63, 3.8) is 0 Å². The second-order valence-electron chi connectivity index (χ2n) is 7.00. The van der Waals surface area contributed by atoms with Gasteiger partial charge in [-0.25, -0.2) is 9.50 Å². The van der Waals surface area contributed by atoms with Gasteiger partial charge in [0.25, 0.3) is 11.6 Å². The van der Waals surface area contributed by atoms with E-state index in [1.165, 1.54) is 0 Å². The maximum atomic E-state index is 12.9. The van der Waals surface area contributed by atoms with Gasteiger partial charge in [-0.15, -0.1) is 5.10 Å². The van der Waals surface area contributed by atoms with Crippen LogP contribution in [0, 0.1) is 27.7 Å². The monoisotopic (exact) mass is 421 g/mol. The van der Waals surface area contributed by atoms with Crippen LogP contribution in [0.4, 0.5) is 13.2 Å². The normalized spacial score (nSPS) is 11.7. The average Bonchev–Trinajstić information content (AvgIpc) is 3.08. The van der Waals surface area contributed by atoms with Gasteiger partial charge in [0.1, 0.15) is 12.4 Å². The van der Waals surface area contributed by atoms with Crippen molar-refractivity contribution >= 4 is 11.7 Å². The summed E-state index contributed by atoms with van der Waals surface area (Å²) >= 11 is 0. The zero-order valence-electron chi connectivity index (χ0n) is 17.1. The van der Waals surface area contributed by atoms with E-state index in [1.807, 2.05) is 32.0 Å². The highest BCUT2D eigenvalue weighted by Gasteiger charge is 2.37. The largest absolute Gasteiger partial charge is 0.491 e. The van der Waals surface area contributed by atoms with Gasteiger partial charge in [-0.05, 0) is 38.8 Å². The van der Waals surface area contributed by atoms with Gasteiger partial charge in [0.05, 0.1) is 13.0 Å². The third-order valence-electron chi connectivity index (χ3n) is 4.72. The number of para-hydroxylation sites is 1. The summed E-state index contributed by atoms with van der Waals surface area (Å²) in [6, 6.07) is 5.84. The number of aryl methyl sites for hydroxylation is 4. The fourth-order valence-electron chi connectivity index (χ4n) is 3.18. The number of halogens is 3. The fraction of sp³-hybridized carbons (Fsp3) is 0.400. The van der Waals surface area contributed by atoms with Gasteiger partial charge >= 0.3 is 6.18 Å². The molecule has 0 aliphatic heterocycles. The van der Waals surface area contributed by atoms with Crippen LogP contribution in [-0.2, 0) is 17.4 Å². The van der Waals surface area contributed by atoms with Crippen LogP contribution in [0.15, 0.2) is 18.2 Å². The standard InChI is InChI=1S/C20H22F3N5O2/c1-11-6-5-7-12(2)17(11)30-9-8-24-16(29)10-15-13(3)25-19-26-18(20(21,22)23)27-28(19)14(15)4/h5-7H,8-10H2,1-4H3,(H,24,29). The van der Waals surface area contributed by atoms with Crippen molar-refractivity contribution in [2.24, 2.45) is 0 Å². The number of nitrogens with one attached hydrogen (secondary N) is 1. The molecule has 0 saturated heterocycles. The quantitative estimate of drug-likeness (QED) is 0.619. The first-order valence-electron chi connectivity index (χ1n) is 9.33. The Morgan fingerprint density at radius 1 is 1.13 bits per heavy atom. The number of benzene rings is 1. The molecule has 0 bridgehead atoms. The highest BCUT2D eigenvalue weighted by Crippen LogP contribution is 2.27. The van der Waals surface area contributed by atoms with E-state index in [2.05, 4.69) is 20.4 Å². The van der Waals surface area contributed by atoms with Crippen LogP contribution >= 0.6 is 0 Å². The Labute approximate surface area is 171 Å². The first kappa shape index (κ1) is 21.5. The Hall–Kier alpha value is -3.17. The molecule has 0 aliphatic rings. The molecule has 2 aromatic heterocycles. The zero-order valence-corrected chi connectivity index (χ0v) is 17.1. The summed E-state index contributed by atoms with van der Waals surface area (Å²) in [5.74, 6) is -0.908. The van der Waals surface area contributed by atoms with Crippen molar-refractivity contribution in [2.45, 2.75) is 40.3 Å². The topological polar surface area (TPSA) is 81.4 Å². The van der Waals surface area contributed by atoms with E-state index in [0.717, 1.165) is 21.4 Å². The van der Waals surface area contributed by atoms with Gasteiger partial charge in [0, 0.05) is 17.0 Å². The Morgan fingerprint density at radius 2 is 1.80 bits per heavy atom. The smallest absolute Gasteiger partial charge is 0.453 e. The molecular formula is C20H22F3N5O2. The number of aromatic nitrogens is 4. The third kappa shape index (κ3) is 4.52. The molecule has 3 rings (SSSR count). The minimum atomic E-state index is -4.67. The van der Waals surface area contributed by atoms with Crippen molar-refractivity contribution in [3.05, 3.63) is 52.1 Å². The molecule has 2 heterocycles. The summed E-state index contributed by atoms with van der Waals surface area (Å²) in [7, 11) is 0. The summed E-state index contributed by atoms with van der Waals surface area (Å²) in [5, 5.41) is 6.24. The second kappa shape index (κ2) is 8.29. The fourth-order valence-corrected chi connectivity index (χ4v) is 3.18. The molecule has 0 aliphatic carbocycles. The molecule has 0 fully saturated rings. The lowest BCUT2D eigenvalue weighted by Gasteiger charge is -2.13. The average molecular weight is 421 g/mol. The number of ether oxygens (including phenoxy) is 1. The van der Waals surface area contributed by atoms with Crippen LogP contribution in [0.2, 0.25) is 0 Å². The number of fused-ring (bicyclic) bond motifs is 1. The van der Waals surface area contributed by atoms with Crippen LogP contribution in [-0.4, -0.2) is 38.6 Å². The van der Waals surface area contributed by atoms with E-state index in [-0.39, 0.29) is 18.1 Å². The number of amides is 1. The van der Waals surface area contributed by atoms with E-state index in [1.54, 1.807) is 13.8 Å². The SMILES string of the molecule is Cc1cccc(C)c1OCCNC(=O)Cc1c(C)nc2nc(C(F)(F)F)nn2c1C. The Kier molecular flexibility index (Phi) is 5.95. The number of hydrogen-bond donors (Lipinski definition) is 1. The maximum absolute atomic E-state index is 12.9. The lowest BCUT2D eigenvalue weighted by Crippen LogP contribution is -2.30. The van der Waals surface area contributed by atoms with Gasteiger partial charge < -0.3 is 10.1 Å². The Morgan fingerprint density at radius 3 is 2.43 bits per heavy atom. The molecule has 0 radical (unpaired) electrons. The summed E-state index contributed by atoms with van der Waals surface area (Å²) in [6.45, 7) is 7.70. The predicted molar refractivity (Wildman–Crippen MR) is 103 cm³/mol. The third-order valence-corrected chi connectivity index (χ3v) is 4.72. The van der Waals surface area contributed by atoms with Gasteiger partial charge in [-0.2, -0.15) is 18.2 Å². The van der Waals surface area contributed by atoms with E-state index >= 15 is 0 Å². The van der Waals surface area contributed by atoms with E-state index < -0.39 is 12.0 Å². The number of carbonyl (C=O) groups excluding carboxylic acids is 1. The highest BCUT2D eigenvalue weighted by atomic mass is 19.4. The molecule has 1 aromatic carbocycles. The minimum Gasteiger partial charge on any atom is -0.491 e. The van der Waals surface area contributed by atoms with Crippen molar-refractivity contribution in [1.82, 2.24) is 24.9 Å². The number of hydrogen-bond acceptors (Lipinski definition) is 5. The number of carbonyl (C=O) groups is 1. The Bertz CT molecular complexity index is 1070. The first-order valence-corrected chi connectivity index (χ1v) is 9.33. The molecular weight excluding hydrogens is 399 g/mol. The molecule has 0 atom stereocenters. The van der Waals surface area contributed by atoms with Crippen molar-refractivity contribution in [3.8, 4) is 5.75 Å². The molecule has 160 valence electrons. The predicted octanol–water partition coefficient (Wildman–Crippen LogP) is 3.11. The second-order valence-corrected chi connectivity index (χ2v) is 7.00. The molecule has 1 amide bonds. The molecule has 0 unspecified atom stereocenters. The summed E-state index contributed by atoms with van der Waals surface area (Å²) in [5.41, 5.74) is 3.36. The minimum absolute atomic E-state index is 0.0365. The van der Waals surface area contributed by atoms with Gasteiger partial charge in [-0.3, -0.25) is 4.79 Å².